The second kappa shape index (κ2) is 2.53. The number of aryl methyl sites for hydroxylation is 1. The van der Waals surface area contributed by atoms with Gasteiger partial charge in [0.05, 0.1) is 5.69 Å². The van der Waals surface area contributed by atoms with Gasteiger partial charge in [0.2, 0.25) is 0 Å². The fraction of sp³-hybridized carbons (Fsp3) is 0.167. The lowest BCUT2D eigenvalue weighted by Crippen LogP contribution is -2.15. The summed E-state index contributed by atoms with van der Waals surface area (Å²) in [6, 6.07) is 0. The molecule has 0 aromatic carbocycles. The summed E-state index contributed by atoms with van der Waals surface area (Å²) in [6.07, 6.45) is 1.64. The molecule has 7 heteroatoms. The highest BCUT2D eigenvalue weighted by Gasteiger charge is 2.19. The molecule has 2 aromatic rings. The maximum absolute atomic E-state index is 11.1. The van der Waals surface area contributed by atoms with E-state index in [1.807, 2.05) is 0 Å². The van der Waals surface area contributed by atoms with E-state index < -0.39 is 10.0 Å². The molecule has 2 heterocycles. The van der Waals surface area contributed by atoms with Crippen LogP contribution in [0.3, 0.4) is 0 Å². The van der Waals surface area contributed by atoms with Crippen molar-refractivity contribution in [1.82, 2.24) is 9.38 Å². The van der Waals surface area contributed by atoms with E-state index in [0.29, 0.717) is 10.7 Å². The minimum absolute atomic E-state index is 0.0729. The Morgan fingerprint density at radius 1 is 1.62 bits per heavy atom. The summed E-state index contributed by atoms with van der Waals surface area (Å²) in [6.45, 7) is 1.62. The summed E-state index contributed by atoms with van der Waals surface area (Å²) in [5, 5.41) is 6.88. The van der Waals surface area contributed by atoms with Crippen molar-refractivity contribution in [2.75, 3.05) is 0 Å². The van der Waals surface area contributed by atoms with Crippen LogP contribution in [0, 0.1) is 6.92 Å². The Morgan fingerprint density at radius 2 is 2.31 bits per heavy atom. The number of imidazole rings is 1. The maximum atomic E-state index is 11.1. The van der Waals surface area contributed by atoms with Gasteiger partial charge in [-0.1, -0.05) is 0 Å². The van der Waals surface area contributed by atoms with Gasteiger partial charge in [-0.2, -0.15) is 0 Å². The van der Waals surface area contributed by atoms with Crippen molar-refractivity contribution in [2.24, 2.45) is 5.14 Å². The highest BCUT2D eigenvalue weighted by atomic mass is 32.2. The zero-order valence-corrected chi connectivity index (χ0v) is 8.39. The number of sulfonamides is 1. The van der Waals surface area contributed by atoms with Crippen molar-refractivity contribution < 1.29 is 8.42 Å². The lowest BCUT2D eigenvalue weighted by molar-refractivity contribution is 0.592. The molecule has 70 valence electrons. The van der Waals surface area contributed by atoms with Crippen LogP contribution >= 0.6 is 11.3 Å². The average molecular weight is 217 g/mol. The Hall–Kier alpha value is -0.920. The van der Waals surface area contributed by atoms with E-state index in [0.717, 1.165) is 0 Å². The van der Waals surface area contributed by atoms with Crippen LogP contribution < -0.4 is 5.14 Å². The summed E-state index contributed by atoms with van der Waals surface area (Å²) < 4.78 is 23.8. The highest BCUT2D eigenvalue weighted by molar-refractivity contribution is 7.89. The molecule has 0 bridgehead atoms. The monoisotopic (exact) mass is 217 g/mol. The van der Waals surface area contributed by atoms with Gasteiger partial charge < -0.3 is 0 Å². The Morgan fingerprint density at radius 3 is 2.92 bits per heavy atom. The normalized spacial score (nSPS) is 12.5. The number of primary sulfonamides is 1. The van der Waals surface area contributed by atoms with E-state index in [1.165, 1.54) is 15.7 Å². The van der Waals surface area contributed by atoms with Gasteiger partial charge in [-0.05, 0) is 6.92 Å². The van der Waals surface area contributed by atoms with E-state index in [9.17, 15) is 8.42 Å². The van der Waals surface area contributed by atoms with Crippen LogP contribution in [0.2, 0.25) is 0 Å². The second-order valence-electron chi connectivity index (χ2n) is 2.60. The molecule has 5 nitrogen and oxygen atoms in total. The predicted molar refractivity (Wildman–Crippen MR) is 49.2 cm³/mol. The first-order chi connectivity index (χ1) is 6.00. The average Bonchev–Trinajstić information content (AvgIpc) is 2.41. The molecule has 0 aliphatic rings. The van der Waals surface area contributed by atoms with E-state index in [2.05, 4.69) is 4.98 Å². The molecule has 0 aliphatic heterocycles. The Bertz CT molecular complexity index is 551. The van der Waals surface area contributed by atoms with E-state index in [1.54, 1.807) is 18.5 Å². The summed E-state index contributed by atoms with van der Waals surface area (Å²) in [5.41, 5.74) is 0.439. The molecular weight excluding hydrogens is 210 g/mol. The number of hydrogen-bond acceptors (Lipinski definition) is 4. The topological polar surface area (TPSA) is 77.5 Å². The smallest absolute Gasteiger partial charge is 0.255 e. The van der Waals surface area contributed by atoms with Gasteiger partial charge in [-0.15, -0.1) is 11.3 Å². The lowest BCUT2D eigenvalue weighted by atomic mass is 10.6. The summed E-state index contributed by atoms with van der Waals surface area (Å²) in [5.74, 6) is 0. The summed E-state index contributed by atoms with van der Waals surface area (Å²) in [7, 11) is -3.68. The van der Waals surface area contributed by atoms with E-state index in [4.69, 9.17) is 5.14 Å². The summed E-state index contributed by atoms with van der Waals surface area (Å²) >= 11 is 1.37. The lowest BCUT2D eigenvalue weighted by Gasteiger charge is -1.95. The third-order valence-corrected chi connectivity index (χ3v) is 3.44. The maximum Gasteiger partial charge on any atom is 0.255 e. The third-order valence-electron chi connectivity index (χ3n) is 1.65. The minimum Gasteiger partial charge on any atom is -0.280 e. The van der Waals surface area contributed by atoms with Crippen molar-refractivity contribution in [3.05, 3.63) is 17.3 Å². The van der Waals surface area contributed by atoms with Gasteiger partial charge in [0, 0.05) is 11.6 Å². The number of nitrogens with two attached hydrogens (primary N) is 1. The zero-order valence-electron chi connectivity index (χ0n) is 6.76. The molecule has 2 rings (SSSR count). The molecule has 0 spiro atoms. The minimum atomic E-state index is -3.68. The van der Waals surface area contributed by atoms with E-state index in [-0.39, 0.29) is 5.03 Å². The zero-order chi connectivity index (χ0) is 9.64. The largest absolute Gasteiger partial charge is 0.280 e. The van der Waals surface area contributed by atoms with Crippen LogP contribution in [0.25, 0.3) is 4.96 Å². The number of nitrogens with zero attached hydrogens (tertiary/aromatic N) is 2. The third kappa shape index (κ3) is 1.25. The molecule has 13 heavy (non-hydrogen) atoms. The Kier molecular flexibility index (Phi) is 1.69. The molecule has 2 aromatic heterocycles. The molecule has 2 N–H and O–H groups in total. The molecule has 0 atom stereocenters. The van der Waals surface area contributed by atoms with Crippen LogP contribution in [0.1, 0.15) is 5.69 Å². The van der Waals surface area contributed by atoms with Gasteiger partial charge in [0.15, 0.2) is 9.99 Å². The van der Waals surface area contributed by atoms with Crippen LogP contribution in [-0.2, 0) is 10.0 Å². The molecule has 0 aliphatic carbocycles. The number of hydrogen-bond donors (Lipinski definition) is 1. The highest BCUT2D eigenvalue weighted by Crippen LogP contribution is 2.19. The van der Waals surface area contributed by atoms with Gasteiger partial charge in [-0.3, -0.25) is 4.40 Å². The number of thiazole rings is 1. The quantitative estimate of drug-likeness (QED) is 0.748. The first-order valence-corrected chi connectivity index (χ1v) is 5.87. The number of rotatable bonds is 1. The predicted octanol–water partition coefficient (Wildman–Crippen LogP) is 0.352. The van der Waals surface area contributed by atoms with Gasteiger partial charge in [-0.25, -0.2) is 18.5 Å². The molecule has 0 saturated carbocycles. The molecule has 0 unspecified atom stereocenters. The fourth-order valence-corrected chi connectivity index (χ4v) is 2.91. The van der Waals surface area contributed by atoms with Gasteiger partial charge >= 0.3 is 0 Å². The summed E-state index contributed by atoms with van der Waals surface area (Å²) in [4.78, 5) is 4.70. The first-order valence-electron chi connectivity index (χ1n) is 3.45. The van der Waals surface area contributed by atoms with Crippen molar-refractivity contribution in [3.63, 3.8) is 0 Å². The molecule has 0 fully saturated rings. The second-order valence-corrected chi connectivity index (χ2v) is 4.95. The first kappa shape index (κ1) is 8.67. The molecule has 0 radical (unpaired) electrons. The van der Waals surface area contributed by atoms with Crippen molar-refractivity contribution in [3.8, 4) is 0 Å². The van der Waals surface area contributed by atoms with Crippen molar-refractivity contribution >= 4 is 26.3 Å². The van der Waals surface area contributed by atoms with Gasteiger partial charge in [0.25, 0.3) is 10.0 Å². The van der Waals surface area contributed by atoms with Crippen molar-refractivity contribution in [2.45, 2.75) is 11.9 Å². The fourth-order valence-electron chi connectivity index (χ4n) is 1.22. The van der Waals surface area contributed by atoms with Crippen LogP contribution in [-0.4, -0.2) is 17.8 Å². The molecule has 0 saturated heterocycles. The number of aromatic nitrogens is 2. The van der Waals surface area contributed by atoms with Crippen LogP contribution in [0.4, 0.5) is 0 Å². The van der Waals surface area contributed by atoms with Gasteiger partial charge in [0.1, 0.15) is 0 Å². The number of fused-ring (bicyclic) bond motifs is 1. The van der Waals surface area contributed by atoms with Crippen molar-refractivity contribution in [1.29, 1.82) is 0 Å². The Balaban J connectivity index is 2.94. The molecule has 0 amide bonds. The standard InChI is InChI=1S/C6H7N3O2S2/c1-4-5(13(7,10)11)9-2-3-12-6(9)8-4/h2-3H,1H3,(H2,7,10,11). The molecular formula is C6H7N3O2S2. The Labute approximate surface area is 78.9 Å². The van der Waals surface area contributed by atoms with Crippen LogP contribution in [0.5, 0.6) is 0 Å². The van der Waals surface area contributed by atoms with E-state index >= 15 is 0 Å². The SMILES string of the molecule is Cc1nc2sccn2c1S(N)(=O)=O. The van der Waals surface area contributed by atoms with Crippen LogP contribution in [0.15, 0.2) is 16.6 Å².